The topological polar surface area (TPSA) is 46.2 Å². The van der Waals surface area contributed by atoms with Gasteiger partial charge in [0.15, 0.2) is 0 Å². The molecule has 1 aliphatic heterocycles. The van der Waals surface area contributed by atoms with E-state index in [-0.39, 0.29) is 11.8 Å². The molecule has 0 aromatic heterocycles. The van der Waals surface area contributed by atoms with Crippen molar-refractivity contribution in [2.24, 2.45) is 0 Å². The fourth-order valence-corrected chi connectivity index (χ4v) is 2.95. The van der Waals surface area contributed by atoms with Crippen molar-refractivity contribution in [1.29, 1.82) is 0 Å². The molecular formula is C14H9NO2. The van der Waals surface area contributed by atoms with Gasteiger partial charge in [0.1, 0.15) is 0 Å². The van der Waals surface area contributed by atoms with Gasteiger partial charge in [-0.15, -0.1) is 0 Å². The zero-order valence-corrected chi connectivity index (χ0v) is 9.04. The van der Waals surface area contributed by atoms with Crippen LogP contribution in [0.1, 0.15) is 31.8 Å². The van der Waals surface area contributed by atoms with Gasteiger partial charge in [-0.1, -0.05) is 12.1 Å². The van der Waals surface area contributed by atoms with E-state index in [2.05, 4.69) is 5.32 Å². The molecule has 82 valence electrons. The molecule has 0 unspecified atom stereocenters. The summed E-state index contributed by atoms with van der Waals surface area (Å²) in [4.78, 5) is 23.6. The van der Waals surface area contributed by atoms with Crippen LogP contribution in [0.3, 0.4) is 0 Å². The van der Waals surface area contributed by atoms with Gasteiger partial charge in [-0.25, -0.2) is 0 Å². The number of aryl methyl sites for hydroxylation is 2. The minimum Gasteiger partial charge on any atom is -0.288 e. The summed E-state index contributed by atoms with van der Waals surface area (Å²) in [5.74, 6) is -0.559. The number of hydrogen-bond donors (Lipinski definition) is 1. The zero-order chi connectivity index (χ0) is 11.6. The van der Waals surface area contributed by atoms with Gasteiger partial charge in [0.2, 0.25) is 0 Å². The van der Waals surface area contributed by atoms with Gasteiger partial charge in [0.25, 0.3) is 11.8 Å². The Hall–Kier alpha value is -2.16. The van der Waals surface area contributed by atoms with Crippen molar-refractivity contribution < 1.29 is 9.59 Å². The highest BCUT2D eigenvalue weighted by atomic mass is 16.2. The first kappa shape index (κ1) is 8.93. The van der Waals surface area contributed by atoms with Crippen LogP contribution in [0.25, 0.3) is 10.8 Å². The van der Waals surface area contributed by atoms with E-state index in [1.165, 1.54) is 11.1 Å². The molecule has 1 aliphatic carbocycles. The molecule has 0 bridgehead atoms. The van der Waals surface area contributed by atoms with Crippen molar-refractivity contribution in [1.82, 2.24) is 5.32 Å². The van der Waals surface area contributed by atoms with E-state index >= 15 is 0 Å². The van der Waals surface area contributed by atoms with E-state index in [1.807, 2.05) is 24.3 Å². The molecule has 3 heteroatoms. The lowest BCUT2D eigenvalue weighted by molar-refractivity contribution is 0.0845. The Morgan fingerprint density at radius 2 is 1.29 bits per heavy atom. The van der Waals surface area contributed by atoms with Crippen LogP contribution in [-0.4, -0.2) is 11.8 Å². The monoisotopic (exact) mass is 223 g/mol. The van der Waals surface area contributed by atoms with Crippen molar-refractivity contribution in [3.8, 4) is 0 Å². The van der Waals surface area contributed by atoms with E-state index in [9.17, 15) is 9.59 Å². The third-order valence-electron chi connectivity index (χ3n) is 3.71. The summed E-state index contributed by atoms with van der Waals surface area (Å²) in [6, 6.07) is 7.68. The largest absolute Gasteiger partial charge is 0.288 e. The van der Waals surface area contributed by atoms with Crippen molar-refractivity contribution in [2.45, 2.75) is 12.8 Å². The van der Waals surface area contributed by atoms with E-state index < -0.39 is 0 Å². The molecular weight excluding hydrogens is 214 g/mol. The fraction of sp³-hybridized carbons (Fsp3) is 0.143. The van der Waals surface area contributed by atoms with Crippen molar-refractivity contribution in [3.63, 3.8) is 0 Å². The predicted molar refractivity (Wildman–Crippen MR) is 63.2 cm³/mol. The third-order valence-corrected chi connectivity index (χ3v) is 3.71. The second kappa shape index (κ2) is 2.74. The lowest BCUT2D eigenvalue weighted by Gasteiger charge is -2.17. The molecule has 0 atom stereocenters. The summed E-state index contributed by atoms with van der Waals surface area (Å²) in [6.45, 7) is 0. The van der Waals surface area contributed by atoms with Gasteiger partial charge < -0.3 is 0 Å². The molecule has 17 heavy (non-hydrogen) atoms. The molecule has 0 spiro atoms. The molecule has 1 heterocycles. The molecule has 2 aromatic rings. The number of amides is 2. The summed E-state index contributed by atoms with van der Waals surface area (Å²) in [7, 11) is 0. The highest BCUT2D eigenvalue weighted by Crippen LogP contribution is 2.36. The highest BCUT2D eigenvalue weighted by molar-refractivity contribution is 6.26. The lowest BCUT2D eigenvalue weighted by atomic mass is 9.92. The van der Waals surface area contributed by atoms with E-state index in [0.29, 0.717) is 11.1 Å². The number of hydrogen-bond acceptors (Lipinski definition) is 2. The smallest absolute Gasteiger partial charge is 0.258 e. The van der Waals surface area contributed by atoms with E-state index in [1.54, 1.807) is 0 Å². The first-order valence-electron chi connectivity index (χ1n) is 5.69. The number of carbonyl (C=O) groups excluding carboxylic acids is 2. The molecule has 3 nitrogen and oxygen atoms in total. The van der Waals surface area contributed by atoms with Gasteiger partial charge in [-0.2, -0.15) is 0 Å². The summed E-state index contributed by atoms with van der Waals surface area (Å²) in [5, 5.41) is 4.36. The van der Waals surface area contributed by atoms with Crippen LogP contribution in [0.4, 0.5) is 0 Å². The SMILES string of the molecule is O=C1NC(=O)c2ccc3c4c(ccc1c24)CC3. The summed E-state index contributed by atoms with van der Waals surface area (Å²) < 4.78 is 0. The van der Waals surface area contributed by atoms with Crippen LogP contribution in [-0.2, 0) is 12.8 Å². The average molecular weight is 223 g/mol. The zero-order valence-electron chi connectivity index (χ0n) is 9.04. The summed E-state index contributed by atoms with van der Waals surface area (Å²) in [6.07, 6.45) is 2.01. The van der Waals surface area contributed by atoms with Crippen LogP contribution in [0.15, 0.2) is 24.3 Å². The van der Waals surface area contributed by atoms with Crippen molar-refractivity contribution in [2.75, 3.05) is 0 Å². The number of benzene rings is 2. The number of rotatable bonds is 0. The van der Waals surface area contributed by atoms with Gasteiger partial charge in [0.05, 0.1) is 0 Å². The third kappa shape index (κ3) is 0.965. The molecule has 2 aliphatic rings. The minimum absolute atomic E-state index is 0.280. The Morgan fingerprint density at radius 3 is 1.82 bits per heavy atom. The molecule has 1 N–H and O–H groups in total. The van der Waals surface area contributed by atoms with Crippen molar-refractivity contribution in [3.05, 3.63) is 46.5 Å². The van der Waals surface area contributed by atoms with Gasteiger partial charge >= 0.3 is 0 Å². The Labute approximate surface area is 97.4 Å². The first-order chi connectivity index (χ1) is 8.25. The van der Waals surface area contributed by atoms with Crippen LogP contribution in [0.2, 0.25) is 0 Å². The number of imide groups is 1. The molecule has 4 rings (SSSR count). The molecule has 0 radical (unpaired) electrons. The van der Waals surface area contributed by atoms with Crippen LogP contribution in [0, 0.1) is 0 Å². The van der Waals surface area contributed by atoms with Gasteiger partial charge in [-0.05, 0) is 41.5 Å². The first-order valence-corrected chi connectivity index (χ1v) is 5.69. The van der Waals surface area contributed by atoms with Crippen LogP contribution >= 0.6 is 0 Å². The lowest BCUT2D eigenvalue weighted by Crippen LogP contribution is -2.34. The van der Waals surface area contributed by atoms with Crippen LogP contribution < -0.4 is 5.32 Å². The second-order valence-corrected chi connectivity index (χ2v) is 4.58. The second-order valence-electron chi connectivity index (χ2n) is 4.58. The summed E-state index contributed by atoms with van der Waals surface area (Å²) >= 11 is 0. The Balaban J connectivity index is 2.30. The Kier molecular flexibility index (Phi) is 1.44. The maximum Gasteiger partial charge on any atom is 0.258 e. The molecule has 0 saturated heterocycles. The van der Waals surface area contributed by atoms with Crippen molar-refractivity contribution >= 4 is 22.6 Å². The maximum atomic E-state index is 11.8. The van der Waals surface area contributed by atoms with Gasteiger partial charge in [0, 0.05) is 16.5 Å². The molecule has 0 fully saturated rings. The number of nitrogens with one attached hydrogen (secondary N) is 1. The average Bonchev–Trinajstić information content (AvgIpc) is 2.74. The van der Waals surface area contributed by atoms with E-state index in [4.69, 9.17) is 0 Å². The predicted octanol–water partition coefficient (Wildman–Crippen LogP) is 1.82. The summed E-state index contributed by atoms with van der Waals surface area (Å²) in [5.41, 5.74) is 3.76. The normalized spacial score (nSPS) is 16.5. The number of carbonyl (C=O) groups is 2. The quantitative estimate of drug-likeness (QED) is 0.692. The maximum absolute atomic E-state index is 11.8. The standard InChI is InChI=1S/C14H9NO2/c16-13-9-5-3-7-1-2-8-4-6-10(14(17)15-13)12(9)11(7)8/h3-6H,1-2H2,(H,15,16,17). The van der Waals surface area contributed by atoms with Crippen LogP contribution in [0.5, 0.6) is 0 Å². The highest BCUT2D eigenvalue weighted by Gasteiger charge is 2.28. The molecule has 2 amide bonds. The minimum atomic E-state index is -0.280. The van der Waals surface area contributed by atoms with E-state index in [0.717, 1.165) is 23.6 Å². The fourth-order valence-electron chi connectivity index (χ4n) is 2.95. The molecule has 0 saturated carbocycles. The molecule has 2 aromatic carbocycles. The Bertz CT molecular complexity index is 659. The van der Waals surface area contributed by atoms with Gasteiger partial charge in [-0.3, -0.25) is 14.9 Å². The Morgan fingerprint density at radius 1 is 0.765 bits per heavy atom.